The van der Waals surface area contributed by atoms with E-state index in [2.05, 4.69) is 13.2 Å². The van der Waals surface area contributed by atoms with Crippen LogP contribution in [0.15, 0.2) is 78.9 Å². The second kappa shape index (κ2) is 18.4. The molecule has 0 aliphatic heterocycles. The van der Waals surface area contributed by atoms with Gasteiger partial charge in [-0.3, -0.25) is 19.2 Å². The fraction of sp³-hybridized carbons (Fsp3) is 0.444. The van der Waals surface area contributed by atoms with E-state index in [1.807, 2.05) is 18.2 Å². The van der Waals surface area contributed by atoms with Gasteiger partial charge >= 0.3 is 35.8 Å². The summed E-state index contributed by atoms with van der Waals surface area (Å²) in [6.07, 6.45) is 7.82. The number of hydrogen-bond acceptors (Lipinski definition) is 11. The van der Waals surface area contributed by atoms with Crippen LogP contribution in [-0.2, 0) is 47.7 Å². The van der Waals surface area contributed by atoms with Crippen molar-refractivity contribution < 1.29 is 62.7 Å². The van der Waals surface area contributed by atoms with Crippen molar-refractivity contribution in [3.05, 3.63) is 78.9 Å². The summed E-state index contributed by atoms with van der Waals surface area (Å²) < 4.78 is 26.0. The Balaban J connectivity index is 0.000000276. The molecule has 0 spiro atoms. The van der Waals surface area contributed by atoms with Crippen LogP contribution in [0.1, 0.15) is 33.1 Å². The van der Waals surface area contributed by atoms with Gasteiger partial charge in [-0.2, -0.15) is 0 Å². The van der Waals surface area contributed by atoms with Gasteiger partial charge in [-0.05, 0) is 57.1 Å². The Bertz CT molecular complexity index is 1460. The Hall–Kier alpha value is -5.20. The molecule has 7 unspecified atom stereocenters. The van der Waals surface area contributed by atoms with Crippen LogP contribution in [0.2, 0.25) is 0 Å². The number of aliphatic carboxylic acids is 2. The smallest absolute Gasteiger partial charge is 0.333 e. The zero-order valence-corrected chi connectivity index (χ0v) is 27.5. The molecule has 2 bridgehead atoms. The van der Waals surface area contributed by atoms with E-state index in [9.17, 15) is 39.0 Å². The number of rotatable bonds is 15. The van der Waals surface area contributed by atoms with E-state index >= 15 is 0 Å². The molecule has 13 nitrogen and oxygen atoms in total. The number of ether oxygens (including phenoxy) is 5. The normalized spacial score (nSPS) is 23.6. The van der Waals surface area contributed by atoms with E-state index < -0.39 is 65.6 Å². The van der Waals surface area contributed by atoms with Gasteiger partial charge in [0.2, 0.25) is 0 Å². The number of esters is 4. The zero-order chi connectivity index (χ0) is 36.1. The van der Waals surface area contributed by atoms with Crippen LogP contribution in [-0.4, -0.2) is 78.6 Å². The van der Waals surface area contributed by atoms with Crippen LogP contribution in [0, 0.1) is 35.5 Å². The van der Waals surface area contributed by atoms with E-state index in [-0.39, 0.29) is 49.4 Å². The molecule has 49 heavy (non-hydrogen) atoms. The van der Waals surface area contributed by atoms with Gasteiger partial charge in [-0.25, -0.2) is 9.59 Å². The SMILES string of the molecule is C=C(C)C(=O)OCC(COc1ccccc1)OC(=O)C1C=CCCC1C(=O)O.C=C(C)C(=O)OCCOC(=O)C1C2C=CC(C2)C1C(=O)O. The molecule has 0 saturated heterocycles. The largest absolute Gasteiger partial charge is 0.490 e. The van der Waals surface area contributed by atoms with Gasteiger partial charge in [0.05, 0.1) is 23.7 Å². The fourth-order valence-corrected chi connectivity index (χ4v) is 5.69. The number of fused-ring (bicyclic) bond motifs is 2. The molecule has 264 valence electrons. The molecule has 0 amide bonds. The van der Waals surface area contributed by atoms with Crippen LogP contribution in [0.5, 0.6) is 5.75 Å². The summed E-state index contributed by atoms with van der Waals surface area (Å²) in [5.41, 5.74) is 0.487. The molecule has 3 aliphatic carbocycles. The van der Waals surface area contributed by atoms with Crippen molar-refractivity contribution in [3.63, 3.8) is 0 Å². The first-order chi connectivity index (χ1) is 23.3. The molecule has 7 atom stereocenters. The van der Waals surface area contributed by atoms with Crippen LogP contribution in [0.25, 0.3) is 0 Å². The molecular weight excluding hydrogens is 640 g/mol. The second-order valence-electron chi connectivity index (χ2n) is 12.0. The molecule has 1 fully saturated rings. The maximum atomic E-state index is 12.6. The Morgan fingerprint density at radius 1 is 0.776 bits per heavy atom. The zero-order valence-electron chi connectivity index (χ0n) is 27.5. The van der Waals surface area contributed by atoms with Gasteiger partial charge in [0.25, 0.3) is 0 Å². The van der Waals surface area contributed by atoms with Gasteiger partial charge in [0.1, 0.15) is 32.2 Å². The predicted octanol–water partition coefficient (Wildman–Crippen LogP) is 3.94. The second-order valence-corrected chi connectivity index (χ2v) is 12.0. The first-order valence-corrected chi connectivity index (χ1v) is 15.8. The first kappa shape index (κ1) is 38.2. The molecule has 1 saturated carbocycles. The number of carbonyl (C=O) groups is 6. The standard InChI is InChI=1S/C21H24O7.C15H18O6/c1-14(2)20(24)27-13-16(12-26-15-8-4-3-5-9-15)28-21(25)18-11-7-6-10-17(18)19(22)23;1-8(2)14(18)20-5-6-21-15(19)12-10-4-3-9(7-10)11(12)13(16)17/h3-5,7-9,11,16-18H,1,6,10,12-13H2,2H3,(H,22,23);3-4,9-12H,1,5-7H2,2H3,(H,16,17). The lowest BCUT2D eigenvalue weighted by molar-refractivity contribution is -0.166. The van der Waals surface area contributed by atoms with Crippen molar-refractivity contribution in [1.29, 1.82) is 0 Å². The maximum Gasteiger partial charge on any atom is 0.333 e. The van der Waals surface area contributed by atoms with Crippen molar-refractivity contribution in [2.45, 2.75) is 39.2 Å². The van der Waals surface area contributed by atoms with Crippen LogP contribution >= 0.6 is 0 Å². The van der Waals surface area contributed by atoms with Gasteiger partial charge in [0, 0.05) is 11.1 Å². The van der Waals surface area contributed by atoms with Crippen LogP contribution in [0.4, 0.5) is 0 Å². The third-order valence-electron chi connectivity index (χ3n) is 8.15. The quantitative estimate of drug-likeness (QED) is 0.0891. The molecule has 4 rings (SSSR count). The van der Waals surface area contributed by atoms with E-state index in [4.69, 9.17) is 23.7 Å². The molecular formula is C36H42O13. The van der Waals surface area contributed by atoms with Crippen LogP contribution in [0.3, 0.4) is 0 Å². The van der Waals surface area contributed by atoms with Crippen molar-refractivity contribution in [3.8, 4) is 5.75 Å². The molecule has 0 radical (unpaired) electrons. The summed E-state index contributed by atoms with van der Waals surface area (Å²) in [6.45, 7) is 9.55. The monoisotopic (exact) mass is 682 g/mol. The van der Waals surface area contributed by atoms with E-state index in [1.54, 1.807) is 36.4 Å². The lowest BCUT2D eigenvalue weighted by Crippen LogP contribution is -2.37. The maximum absolute atomic E-state index is 12.6. The number of benzene rings is 1. The predicted molar refractivity (Wildman–Crippen MR) is 173 cm³/mol. The topological polar surface area (TPSA) is 189 Å². The highest BCUT2D eigenvalue weighted by Crippen LogP contribution is 2.48. The lowest BCUT2D eigenvalue weighted by atomic mass is 9.83. The van der Waals surface area contributed by atoms with E-state index in [1.165, 1.54) is 13.8 Å². The van der Waals surface area contributed by atoms with Crippen molar-refractivity contribution >= 4 is 35.8 Å². The molecule has 1 aromatic carbocycles. The Labute approximate surface area is 284 Å². The number of hydrogen-bond donors (Lipinski definition) is 2. The number of allylic oxidation sites excluding steroid dienone is 3. The van der Waals surface area contributed by atoms with Crippen molar-refractivity contribution in [2.75, 3.05) is 26.4 Å². The summed E-state index contributed by atoms with van der Waals surface area (Å²) >= 11 is 0. The number of carboxylic acids is 2. The molecule has 0 aromatic heterocycles. The molecule has 13 heteroatoms. The van der Waals surface area contributed by atoms with Gasteiger partial charge < -0.3 is 33.9 Å². The van der Waals surface area contributed by atoms with E-state index in [0.717, 1.165) is 0 Å². The van der Waals surface area contributed by atoms with E-state index in [0.29, 0.717) is 25.0 Å². The molecule has 3 aliphatic rings. The Morgan fingerprint density at radius 2 is 1.39 bits per heavy atom. The summed E-state index contributed by atoms with van der Waals surface area (Å²) in [5.74, 6) is -7.07. The van der Waals surface area contributed by atoms with Gasteiger partial charge in [-0.15, -0.1) is 0 Å². The van der Waals surface area contributed by atoms with Gasteiger partial charge in [-0.1, -0.05) is 55.7 Å². The first-order valence-electron chi connectivity index (χ1n) is 15.8. The minimum absolute atomic E-state index is 0.0482. The average Bonchev–Trinajstić information content (AvgIpc) is 3.70. The summed E-state index contributed by atoms with van der Waals surface area (Å²) in [6, 6.07) is 8.90. The Kier molecular flexibility index (Phi) is 14.3. The number of carboxylic acid groups (broad SMARTS) is 2. The third kappa shape index (κ3) is 11.2. The lowest BCUT2D eigenvalue weighted by Gasteiger charge is -2.25. The third-order valence-corrected chi connectivity index (χ3v) is 8.15. The summed E-state index contributed by atoms with van der Waals surface area (Å²) in [5, 5.41) is 18.6. The molecule has 0 heterocycles. The average molecular weight is 683 g/mol. The highest BCUT2D eigenvalue weighted by Gasteiger charge is 2.52. The van der Waals surface area contributed by atoms with Gasteiger partial charge in [0.15, 0.2) is 6.10 Å². The van der Waals surface area contributed by atoms with Crippen molar-refractivity contribution in [2.24, 2.45) is 35.5 Å². The highest BCUT2D eigenvalue weighted by atomic mass is 16.6. The molecule has 1 aromatic rings. The number of carbonyl (C=O) groups excluding carboxylic acids is 4. The molecule has 2 N–H and O–H groups in total. The highest BCUT2D eigenvalue weighted by molar-refractivity contribution is 5.87. The van der Waals surface area contributed by atoms with Crippen LogP contribution < -0.4 is 4.74 Å². The number of para-hydroxylation sites is 1. The summed E-state index contributed by atoms with van der Waals surface area (Å²) in [7, 11) is 0. The fourth-order valence-electron chi connectivity index (χ4n) is 5.69. The Morgan fingerprint density at radius 3 is 2.00 bits per heavy atom. The summed E-state index contributed by atoms with van der Waals surface area (Å²) in [4.78, 5) is 70.1. The van der Waals surface area contributed by atoms with Crippen molar-refractivity contribution in [1.82, 2.24) is 0 Å². The minimum Gasteiger partial charge on any atom is -0.490 e. The minimum atomic E-state index is -1.04.